The van der Waals surface area contributed by atoms with E-state index in [1.807, 2.05) is 16.9 Å². The Balaban J connectivity index is 1.39. The maximum absolute atomic E-state index is 4.49. The molecule has 2 aromatic heterocycles. The van der Waals surface area contributed by atoms with Crippen LogP contribution >= 0.6 is 0 Å². The van der Waals surface area contributed by atoms with Crippen molar-refractivity contribution in [1.29, 1.82) is 0 Å². The minimum absolute atomic E-state index is 0.0206. The van der Waals surface area contributed by atoms with Gasteiger partial charge in [0.05, 0.1) is 11.7 Å². The van der Waals surface area contributed by atoms with Gasteiger partial charge in [-0.3, -0.25) is 4.68 Å². The number of aryl methyl sites for hydroxylation is 1. The van der Waals surface area contributed by atoms with E-state index in [1.165, 1.54) is 11.1 Å². The molecule has 0 bridgehead atoms. The highest BCUT2D eigenvalue weighted by molar-refractivity contribution is 5.19. The van der Waals surface area contributed by atoms with Gasteiger partial charge in [-0.2, -0.15) is 5.10 Å². The molecule has 6 heteroatoms. The molecule has 3 aromatic rings. The van der Waals surface area contributed by atoms with Gasteiger partial charge < -0.3 is 9.88 Å². The summed E-state index contributed by atoms with van der Waals surface area (Å²) >= 11 is 0. The molecule has 0 saturated heterocycles. The summed E-state index contributed by atoms with van der Waals surface area (Å²) in [5.74, 6) is 2.17. The number of fused-ring (bicyclic) bond motifs is 1. The van der Waals surface area contributed by atoms with E-state index in [0.29, 0.717) is 6.04 Å². The molecule has 1 aliphatic rings. The Morgan fingerprint density at radius 1 is 1.11 bits per heavy atom. The molecule has 0 unspecified atom stereocenters. The molecule has 0 saturated carbocycles. The van der Waals surface area contributed by atoms with Crippen LogP contribution in [0, 0.1) is 0 Å². The van der Waals surface area contributed by atoms with Crippen LogP contribution in [0.25, 0.3) is 0 Å². The van der Waals surface area contributed by atoms with Gasteiger partial charge in [-0.05, 0) is 32.8 Å². The fourth-order valence-electron chi connectivity index (χ4n) is 3.54. The zero-order chi connectivity index (χ0) is 18.9. The minimum atomic E-state index is 0.0206. The maximum atomic E-state index is 4.49. The third-order valence-electron chi connectivity index (χ3n) is 5.15. The highest BCUT2D eigenvalue weighted by Crippen LogP contribution is 2.18. The molecule has 0 fully saturated rings. The Labute approximate surface area is 160 Å². The Morgan fingerprint density at radius 3 is 2.67 bits per heavy atom. The van der Waals surface area contributed by atoms with Crippen LogP contribution in [0.5, 0.6) is 0 Å². The summed E-state index contributed by atoms with van der Waals surface area (Å²) in [6.45, 7) is 8.27. The third kappa shape index (κ3) is 4.11. The van der Waals surface area contributed by atoms with Gasteiger partial charge in [-0.1, -0.05) is 30.3 Å². The van der Waals surface area contributed by atoms with Crippen molar-refractivity contribution < 1.29 is 0 Å². The van der Waals surface area contributed by atoms with Crippen LogP contribution in [0.15, 0.2) is 42.7 Å². The predicted octanol–water partition coefficient (Wildman–Crippen LogP) is 2.93. The molecule has 6 nitrogen and oxygen atoms in total. The average Bonchev–Trinajstić information content (AvgIpc) is 3.28. The Morgan fingerprint density at radius 2 is 1.93 bits per heavy atom. The molecule has 3 heterocycles. The van der Waals surface area contributed by atoms with Crippen molar-refractivity contribution >= 4 is 0 Å². The highest BCUT2D eigenvalue weighted by Gasteiger charge is 2.23. The molecule has 0 aliphatic carbocycles. The van der Waals surface area contributed by atoms with Gasteiger partial charge in [-0.25, -0.2) is 0 Å². The number of nitrogens with one attached hydrogen (secondary N) is 1. The van der Waals surface area contributed by atoms with Crippen LogP contribution < -0.4 is 5.32 Å². The standard InChI is InChI=1S/C21H28N6/c1-21(2,3)27-14-17(13-23-27)12-22-18-9-10-19-24-25-20(26(19)15-18)11-16-7-5-4-6-8-16/h4-8,13-14,18,22H,9-12,15H2,1-3H3/t18-/m1/s1. The molecule has 142 valence electrons. The first kappa shape index (κ1) is 17.9. The lowest BCUT2D eigenvalue weighted by atomic mass is 10.1. The van der Waals surface area contributed by atoms with Crippen molar-refractivity contribution in [2.45, 2.75) is 64.7 Å². The van der Waals surface area contributed by atoms with Gasteiger partial charge in [0.1, 0.15) is 11.6 Å². The number of hydrogen-bond donors (Lipinski definition) is 1. The second kappa shape index (κ2) is 7.27. The number of aromatic nitrogens is 5. The van der Waals surface area contributed by atoms with E-state index in [2.05, 4.69) is 76.4 Å². The number of benzene rings is 1. The van der Waals surface area contributed by atoms with E-state index >= 15 is 0 Å². The van der Waals surface area contributed by atoms with Crippen LogP contribution in [0.2, 0.25) is 0 Å². The molecule has 1 N–H and O–H groups in total. The van der Waals surface area contributed by atoms with Crippen molar-refractivity contribution in [3.63, 3.8) is 0 Å². The second-order valence-corrected chi connectivity index (χ2v) is 8.39. The largest absolute Gasteiger partial charge is 0.313 e. The van der Waals surface area contributed by atoms with Gasteiger partial charge in [-0.15, -0.1) is 10.2 Å². The summed E-state index contributed by atoms with van der Waals surface area (Å²) in [6, 6.07) is 10.9. The molecule has 0 spiro atoms. The van der Waals surface area contributed by atoms with Crippen molar-refractivity contribution in [3.8, 4) is 0 Å². The van der Waals surface area contributed by atoms with Gasteiger partial charge in [0.2, 0.25) is 0 Å². The first-order chi connectivity index (χ1) is 13.0. The highest BCUT2D eigenvalue weighted by atomic mass is 15.3. The fourth-order valence-corrected chi connectivity index (χ4v) is 3.54. The summed E-state index contributed by atoms with van der Waals surface area (Å²) in [7, 11) is 0. The van der Waals surface area contributed by atoms with E-state index in [1.54, 1.807) is 0 Å². The second-order valence-electron chi connectivity index (χ2n) is 8.39. The number of nitrogens with zero attached hydrogens (tertiary/aromatic N) is 5. The lowest BCUT2D eigenvalue weighted by Gasteiger charge is -2.25. The van der Waals surface area contributed by atoms with Crippen molar-refractivity contribution in [1.82, 2.24) is 29.9 Å². The number of hydrogen-bond acceptors (Lipinski definition) is 4. The van der Waals surface area contributed by atoms with E-state index in [4.69, 9.17) is 0 Å². The SMILES string of the molecule is CC(C)(C)n1cc(CN[C@@H]2CCc3nnc(Cc4ccccc4)n3C2)cn1. The van der Waals surface area contributed by atoms with E-state index in [9.17, 15) is 0 Å². The van der Waals surface area contributed by atoms with Crippen molar-refractivity contribution in [3.05, 3.63) is 65.5 Å². The summed E-state index contributed by atoms with van der Waals surface area (Å²) in [4.78, 5) is 0. The average molecular weight is 364 g/mol. The van der Waals surface area contributed by atoms with E-state index < -0.39 is 0 Å². The minimum Gasteiger partial charge on any atom is -0.313 e. The molecule has 0 amide bonds. The first-order valence-electron chi connectivity index (χ1n) is 9.71. The van der Waals surface area contributed by atoms with Gasteiger partial charge in [0.15, 0.2) is 0 Å². The molecular weight excluding hydrogens is 336 g/mol. The van der Waals surface area contributed by atoms with Gasteiger partial charge in [0, 0.05) is 43.7 Å². The van der Waals surface area contributed by atoms with Crippen LogP contribution in [0.3, 0.4) is 0 Å². The Bertz CT molecular complexity index is 887. The quantitative estimate of drug-likeness (QED) is 0.756. The zero-order valence-electron chi connectivity index (χ0n) is 16.4. The summed E-state index contributed by atoms with van der Waals surface area (Å²) in [5.41, 5.74) is 2.52. The topological polar surface area (TPSA) is 60.6 Å². The van der Waals surface area contributed by atoms with Crippen molar-refractivity contribution in [2.75, 3.05) is 0 Å². The Kier molecular flexibility index (Phi) is 4.83. The summed E-state index contributed by atoms with van der Waals surface area (Å²) in [5, 5.41) is 17.0. The van der Waals surface area contributed by atoms with Gasteiger partial charge in [0.25, 0.3) is 0 Å². The maximum Gasteiger partial charge on any atom is 0.137 e. The zero-order valence-corrected chi connectivity index (χ0v) is 16.4. The number of rotatable bonds is 5. The first-order valence-corrected chi connectivity index (χ1v) is 9.71. The third-order valence-corrected chi connectivity index (χ3v) is 5.15. The lowest BCUT2D eigenvalue weighted by molar-refractivity contribution is 0.354. The normalized spacial score (nSPS) is 17.1. The smallest absolute Gasteiger partial charge is 0.137 e. The molecular formula is C21H28N6. The molecule has 0 radical (unpaired) electrons. The predicted molar refractivity (Wildman–Crippen MR) is 105 cm³/mol. The molecule has 1 aliphatic heterocycles. The molecule has 1 atom stereocenters. The summed E-state index contributed by atoms with van der Waals surface area (Å²) in [6.07, 6.45) is 7.00. The van der Waals surface area contributed by atoms with Crippen LogP contribution in [-0.4, -0.2) is 30.6 Å². The van der Waals surface area contributed by atoms with E-state index in [-0.39, 0.29) is 5.54 Å². The monoisotopic (exact) mass is 364 g/mol. The Hall–Kier alpha value is -2.47. The van der Waals surface area contributed by atoms with E-state index in [0.717, 1.165) is 44.0 Å². The fraction of sp³-hybridized carbons (Fsp3) is 0.476. The summed E-state index contributed by atoms with van der Waals surface area (Å²) < 4.78 is 4.33. The van der Waals surface area contributed by atoms with Crippen LogP contribution in [0.4, 0.5) is 0 Å². The van der Waals surface area contributed by atoms with Crippen molar-refractivity contribution in [2.24, 2.45) is 0 Å². The lowest BCUT2D eigenvalue weighted by Crippen LogP contribution is -2.37. The molecule has 1 aromatic carbocycles. The molecule has 4 rings (SSSR count). The van der Waals surface area contributed by atoms with Crippen LogP contribution in [0.1, 0.15) is 50.0 Å². The van der Waals surface area contributed by atoms with Gasteiger partial charge >= 0.3 is 0 Å². The molecule has 27 heavy (non-hydrogen) atoms. The van der Waals surface area contributed by atoms with Crippen LogP contribution in [-0.2, 0) is 31.5 Å².